The number of aromatic carboxylic acids is 1. The van der Waals surface area contributed by atoms with Crippen LogP contribution >= 0.6 is 0 Å². The maximum Gasteiger partial charge on any atom is 0.336 e. The van der Waals surface area contributed by atoms with E-state index in [1.165, 1.54) is 12.1 Å². The minimum Gasteiger partial charge on any atom is -0.478 e. The summed E-state index contributed by atoms with van der Waals surface area (Å²) in [5.74, 6) is -0.766. The topological polar surface area (TPSA) is 75.4 Å². The Morgan fingerprint density at radius 3 is 2.62 bits per heavy atom. The number of nitrogens with zero attached hydrogens (tertiary/aromatic N) is 1. The van der Waals surface area contributed by atoms with Crippen molar-refractivity contribution in [1.82, 2.24) is 5.16 Å². The van der Waals surface area contributed by atoms with E-state index in [2.05, 4.69) is 10.5 Å². The molecule has 112 valence electrons. The highest BCUT2D eigenvalue weighted by molar-refractivity contribution is 5.91. The summed E-state index contributed by atoms with van der Waals surface area (Å²) in [6, 6.07) is 4.42. The molecule has 0 radical (unpaired) electrons. The van der Waals surface area contributed by atoms with Gasteiger partial charge in [0.05, 0.1) is 12.1 Å². The lowest BCUT2D eigenvalue weighted by Gasteiger charge is -2.11. The molecular weight excluding hydrogens is 282 g/mol. The zero-order valence-corrected chi connectivity index (χ0v) is 11.5. The number of anilines is 1. The number of aryl methyl sites for hydroxylation is 2. The second-order valence-electron chi connectivity index (χ2n) is 4.66. The summed E-state index contributed by atoms with van der Waals surface area (Å²) in [6.45, 7) is 3.68. The molecule has 0 amide bonds. The number of aromatic nitrogens is 1. The number of carbonyl (C=O) groups is 1. The molecule has 0 saturated heterocycles. The Bertz CT molecular complexity index is 668. The smallest absolute Gasteiger partial charge is 0.336 e. The number of halogens is 2. The molecule has 2 aromatic rings. The third kappa shape index (κ3) is 3.36. The van der Waals surface area contributed by atoms with Crippen LogP contribution in [0.4, 0.5) is 14.5 Å². The lowest BCUT2D eigenvalue weighted by Crippen LogP contribution is -2.05. The van der Waals surface area contributed by atoms with E-state index in [4.69, 9.17) is 9.63 Å². The van der Waals surface area contributed by atoms with Gasteiger partial charge >= 0.3 is 5.97 Å². The van der Waals surface area contributed by atoms with Crippen molar-refractivity contribution in [3.8, 4) is 0 Å². The zero-order valence-electron chi connectivity index (χ0n) is 11.5. The monoisotopic (exact) mass is 296 g/mol. The SMILES string of the molecule is Cc1cc(C)c(C(=O)O)cc1NCc1cc(C(F)F)no1. The van der Waals surface area contributed by atoms with Gasteiger partial charge in [0.2, 0.25) is 0 Å². The van der Waals surface area contributed by atoms with E-state index in [0.29, 0.717) is 11.3 Å². The molecule has 0 fully saturated rings. The van der Waals surface area contributed by atoms with Gasteiger partial charge in [-0.25, -0.2) is 13.6 Å². The van der Waals surface area contributed by atoms with E-state index in [0.717, 1.165) is 5.56 Å². The Labute approximate surface area is 119 Å². The highest BCUT2D eigenvalue weighted by Crippen LogP contribution is 2.23. The minimum absolute atomic E-state index is 0.142. The van der Waals surface area contributed by atoms with Gasteiger partial charge in [-0.15, -0.1) is 0 Å². The fraction of sp³-hybridized carbons (Fsp3) is 0.286. The average molecular weight is 296 g/mol. The van der Waals surface area contributed by atoms with Gasteiger partial charge in [-0.05, 0) is 31.0 Å². The first-order chi connectivity index (χ1) is 9.88. The van der Waals surface area contributed by atoms with Crippen LogP contribution < -0.4 is 5.32 Å². The number of carboxylic acids is 1. The summed E-state index contributed by atoms with van der Waals surface area (Å²) in [7, 11) is 0. The van der Waals surface area contributed by atoms with Gasteiger partial charge in [0.15, 0.2) is 5.76 Å². The Morgan fingerprint density at radius 1 is 1.33 bits per heavy atom. The van der Waals surface area contributed by atoms with Gasteiger partial charge in [0, 0.05) is 11.8 Å². The number of hydrogen-bond acceptors (Lipinski definition) is 4. The first kappa shape index (κ1) is 15.0. The van der Waals surface area contributed by atoms with Gasteiger partial charge in [-0.3, -0.25) is 0 Å². The maximum atomic E-state index is 12.4. The molecule has 0 unspecified atom stereocenters. The molecule has 0 atom stereocenters. The van der Waals surface area contributed by atoms with Crippen molar-refractivity contribution in [2.45, 2.75) is 26.8 Å². The third-order valence-corrected chi connectivity index (χ3v) is 3.06. The van der Waals surface area contributed by atoms with Crippen molar-refractivity contribution < 1.29 is 23.2 Å². The Balaban J connectivity index is 2.15. The van der Waals surface area contributed by atoms with Crippen LogP contribution in [0.5, 0.6) is 0 Å². The predicted molar refractivity (Wildman–Crippen MR) is 71.7 cm³/mol. The van der Waals surface area contributed by atoms with Crippen LogP contribution in [0.25, 0.3) is 0 Å². The van der Waals surface area contributed by atoms with Crippen LogP contribution in [-0.4, -0.2) is 16.2 Å². The molecule has 2 N–H and O–H groups in total. The number of alkyl halides is 2. The first-order valence-electron chi connectivity index (χ1n) is 6.20. The first-order valence-corrected chi connectivity index (χ1v) is 6.20. The molecule has 0 aliphatic rings. The lowest BCUT2D eigenvalue weighted by molar-refractivity contribution is 0.0696. The molecule has 1 aromatic carbocycles. The Kier molecular flexibility index (Phi) is 4.21. The normalized spacial score (nSPS) is 10.9. The van der Waals surface area contributed by atoms with Crippen LogP contribution in [0.3, 0.4) is 0 Å². The summed E-state index contributed by atoms with van der Waals surface area (Å²) in [6.07, 6.45) is -2.68. The van der Waals surface area contributed by atoms with Gasteiger partial charge in [0.1, 0.15) is 5.69 Å². The fourth-order valence-electron chi connectivity index (χ4n) is 1.97. The molecule has 0 bridgehead atoms. The summed E-state index contributed by atoms with van der Waals surface area (Å²) in [4.78, 5) is 11.1. The highest BCUT2D eigenvalue weighted by atomic mass is 19.3. The van der Waals surface area contributed by atoms with Crippen molar-refractivity contribution in [3.05, 3.63) is 46.3 Å². The van der Waals surface area contributed by atoms with Crippen molar-refractivity contribution in [3.63, 3.8) is 0 Å². The summed E-state index contributed by atoms with van der Waals surface area (Å²) in [5.41, 5.74) is 1.89. The second-order valence-corrected chi connectivity index (χ2v) is 4.66. The number of carboxylic acid groups (broad SMARTS) is 1. The highest BCUT2D eigenvalue weighted by Gasteiger charge is 2.14. The maximum absolute atomic E-state index is 12.4. The van der Waals surface area contributed by atoms with E-state index in [-0.39, 0.29) is 17.9 Å². The van der Waals surface area contributed by atoms with Crippen molar-refractivity contribution >= 4 is 11.7 Å². The van der Waals surface area contributed by atoms with Crippen molar-refractivity contribution in [2.24, 2.45) is 0 Å². The third-order valence-electron chi connectivity index (χ3n) is 3.06. The van der Waals surface area contributed by atoms with E-state index in [1.54, 1.807) is 13.0 Å². The molecule has 2 rings (SSSR count). The number of nitrogens with one attached hydrogen (secondary N) is 1. The van der Waals surface area contributed by atoms with Crippen molar-refractivity contribution in [1.29, 1.82) is 0 Å². The largest absolute Gasteiger partial charge is 0.478 e. The molecule has 0 spiro atoms. The molecule has 0 aliphatic carbocycles. The minimum atomic E-state index is -2.68. The van der Waals surface area contributed by atoms with Crippen LogP contribution in [0.2, 0.25) is 0 Å². The molecule has 21 heavy (non-hydrogen) atoms. The molecule has 1 aromatic heterocycles. The average Bonchev–Trinajstić information content (AvgIpc) is 2.86. The number of rotatable bonds is 5. The molecule has 1 heterocycles. The van der Waals surface area contributed by atoms with Crippen LogP contribution in [0.1, 0.15) is 39.4 Å². The summed E-state index contributed by atoms with van der Waals surface area (Å²) < 4.78 is 29.6. The van der Waals surface area contributed by atoms with Crippen LogP contribution in [0.15, 0.2) is 22.7 Å². The molecule has 5 nitrogen and oxygen atoms in total. The van der Waals surface area contributed by atoms with E-state index < -0.39 is 18.1 Å². The van der Waals surface area contributed by atoms with Gasteiger partial charge in [-0.2, -0.15) is 0 Å². The van der Waals surface area contributed by atoms with Gasteiger partial charge < -0.3 is 14.9 Å². The van der Waals surface area contributed by atoms with Crippen LogP contribution in [0, 0.1) is 13.8 Å². The van der Waals surface area contributed by atoms with Gasteiger partial charge in [-0.1, -0.05) is 11.2 Å². The zero-order chi connectivity index (χ0) is 15.6. The molecule has 0 aliphatic heterocycles. The molecular formula is C14H14F2N2O3. The quantitative estimate of drug-likeness (QED) is 0.882. The number of benzene rings is 1. The van der Waals surface area contributed by atoms with Crippen molar-refractivity contribution in [2.75, 3.05) is 5.32 Å². The van der Waals surface area contributed by atoms with Gasteiger partial charge in [0.25, 0.3) is 6.43 Å². The lowest BCUT2D eigenvalue weighted by atomic mass is 10.0. The molecule has 7 heteroatoms. The van der Waals surface area contributed by atoms with E-state index in [9.17, 15) is 13.6 Å². The van der Waals surface area contributed by atoms with E-state index in [1.807, 2.05) is 6.92 Å². The standard InChI is InChI=1S/C14H14F2N2O3/c1-7-3-8(2)11(5-10(7)14(19)20)17-6-9-4-12(13(15)16)18-21-9/h3-5,13,17H,6H2,1-2H3,(H,19,20). The molecule has 0 saturated carbocycles. The summed E-state index contributed by atoms with van der Waals surface area (Å²) >= 11 is 0. The van der Waals surface area contributed by atoms with E-state index >= 15 is 0 Å². The van der Waals surface area contributed by atoms with Crippen LogP contribution in [-0.2, 0) is 6.54 Å². The second kappa shape index (κ2) is 5.90. The Morgan fingerprint density at radius 2 is 2.05 bits per heavy atom. The predicted octanol–water partition coefficient (Wildman–Crippen LogP) is 3.54. The Hall–Kier alpha value is -2.44. The fourth-order valence-corrected chi connectivity index (χ4v) is 1.97. The summed E-state index contributed by atoms with van der Waals surface area (Å²) in [5, 5.41) is 15.3. The number of hydrogen-bond donors (Lipinski definition) is 2.